The lowest BCUT2D eigenvalue weighted by Gasteiger charge is -2.00. The molecule has 1 aliphatic heterocycles. The van der Waals surface area contributed by atoms with Crippen LogP contribution in [-0.4, -0.2) is 14.3 Å². The average molecular weight is 225 g/mol. The maximum absolute atomic E-state index is 11.5. The highest BCUT2D eigenvalue weighted by Crippen LogP contribution is 2.23. The Morgan fingerprint density at radius 1 is 1.33 bits per heavy atom. The third-order valence-corrected chi connectivity index (χ3v) is 3.72. The van der Waals surface area contributed by atoms with Crippen LogP contribution in [0.4, 0.5) is 0 Å². The zero-order valence-corrected chi connectivity index (χ0v) is 9.10. The molecule has 5 heteroatoms. The van der Waals surface area contributed by atoms with Gasteiger partial charge in [0.1, 0.15) is 4.90 Å². The Morgan fingerprint density at radius 3 is 2.73 bits per heavy atom. The number of fused-ring (bicyclic) bond motifs is 1. The van der Waals surface area contributed by atoms with Crippen molar-refractivity contribution in [3.05, 3.63) is 29.3 Å². The molecule has 0 fully saturated rings. The Kier molecular flexibility index (Phi) is 2.26. The van der Waals surface area contributed by atoms with Crippen molar-refractivity contribution in [2.75, 3.05) is 0 Å². The first-order valence-electron chi connectivity index (χ1n) is 4.74. The molecular weight excluding hydrogens is 214 g/mol. The molecule has 0 spiro atoms. The Labute approximate surface area is 88.4 Å². The number of rotatable bonds is 2. The van der Waals surface area contributed by atoms with Gasteiger partial charge in [0.05, 0.1) is 5.56 Å². The summed E-state index contributed by atoms with van der Waals surface area (Å²) in [4.78, 5) is 11.4. The Morgan fingerprint density at radius 2 is 2.07 bits per heavy atom. The first-order chi connectivity index (χ1) is 7.04. The number of carbonyl (C=O) groups is 1. The fraction of sp³-hybridized carbons (Fsp3) is 0.300. The third-order valence-electron chi connectivity index (χ3n) is 2.35. The minimum atomic E-state index is -3.60. The minimum absolute atomic E-state index is 0.110. The summed E-state index contributed by atoms with van der Waals surface area (Å²) in [7, 11) is -3.60. The molecule has 4 nitrogen and oxygen atoms in total. The van der Waals surface area contributed by atoms with E-state index >= 15 is 0 Å². The second-order valence-corrected chi connectivity index (χ2v) is 5.17. The zero-order chi connectivity index (χ0) is 11.1. The summed E-state index contributed by atoms with van der Waals surface area (Å²) in [6.07, 6.45) is 1.76. The molecule has 0 bridgehead atoms. The van der Waals surface area contributed by atoms with Crippen molar-refractivity contribution in [2.45, 2.75) is 24.7 Å². The van der Waals surface area contributed by atoms with Crippen molar-refractivity contribution < 1.29 is 13.2 Å². The molecule has 0 aromatic heterocycles. The molecule has 2 rings (SSSR count). The number of hydrogen-bond donors (Lipinski definition) is 1. The van der Waals surface area contributed by atoms with Crippen LogP contribution in [0.1, 0.15) is 29.3 Å². The van der Waals surface area contributed by atoms with E-state index in [1.165, 1.54) is 0 Å². The lowest BCUT2D eigenvalue weighted by Crippen LogP contribution is -2.20. The van der Waals surface area contributed by atoms with Gasteiger partial charge in [0.25, 0.3) is 15.9 Å². The van der Waals surface area contributed by atoms with E-state index in [0.717, 1.165) is 18.4 Å². The fourth-order valence-corrected chi connectivity index (χ4v) is 2.87. The number of sulfonamides is 1. The summed E-state index contributed by atoms with van der Waals surface area (Å²) in [5.41, 5.74) is 1.19. The maximum Gasteiger partial charge on any atom is 0.266 e. The molecule has 0 aliphatic carbocycles. The van der Waals surface area contributed by atoms with E-state index in [-0.39, 0.29) is 10.5 Å². The van der Waals surface area contributed by atoms with Gasteiger partial charge in [0.2, 0.25) is 0 Å². The second-order valence-electron chi connectivity index (χ2n) is 3.52. The van der Waals surface area contributed by atoms with E-state index in [1.54, 1.807) is 18.2 Å². The zero-order valence-electron chi connectivity index (χ0n) is 8.28. The van der Waals surface area contributed by atoms with Crippen LogP contribution in [0.25, 0.3) is 0 Å². The predicted octanol–water partition coefficient (Wildman–Crippen LogP) is 1.07. The smallest absolute Gasteiger partial charge is 0.266 e. The second kappa shape index (κ2) is 3.34. The molecule has 80 valence electrons. The molecule has 1 N–H and O–H groups in total. The largest absolute Gasteiger partial charge is 0.268 e. The fourth-order valence-electron chi connectivity index (χ4n) is 1.65. The van der Waals surface area contributed by atoms with Crippen LogP contribution in [-0.2, 0) is 16.4 Å². The van der Waals surface area contributed by atoms with Crippen molar-refractivity contribution in [2.24, 2.45) is 0 Å². The van der Waals surface area contributed by atoms with Crippen LogP contribution >= 0.6 is 0 Å². The van der Waals surface area contributed by atoms with Gasteiger partial charge >= 0.3 is 0 Å². The number of carbonyl (C=O) groups excluding carboxylic acids is 1. The van der Waals surface area contributed by atoms with Gasteiger partial charge in [-0.15, -0.1) is 0 Å². The molecule has 0 atom stereocenters. The summed E-state index contributed by atoms with van der Waals surface area (Å²) in [6.45, 7) is 2.02. The number of hydrogen-bond acceptors (Lipinski definition) is 3. The van der Waals surface area contributed by atoms with Crippen molar-refractivity contribution in [3.63, 3.8) is 0 Å². The van der Waals surface area contributed by atoms with Gasteiger partial charge < -0.3 is 0 Å². The van der Waals surface area contributed by atoms with Gasteiger partial charge in [-0.05, 0) is 24.1 Å². The number of aryl methyl sites for hydroxylation is 1. The Hall–Kier alpha value is -1.36. The van der Waals surface area contributed by atoms with Gasteiger partial charge in [-0.3, -0.25) is 4.79 Å². The average Bonchev–Trinajstić information content (AvgIpc) is 2.38. The van der Waals surface area contributed by atoms with E-state index < -0.39 is 15.9 Å². The van der Waals surface area contributed by atoms with E-state index in [9.17, 15) is 13.2 Å². The molecule has 0 unspecified atom stereocenters. The molecule has 15 heavy (non-hydrogen) atoms. The highest BCUT2D eigenvalue weighted by Gasteiger charge is 2.32. The van der Waals surface area contributed by atoms with E-state index in [4.69, 9.17) is 0 Å². The van der Waals surface area contributed by atoms with Crippen molar-refractivity contribution >= 4 is 15.9 Å². The molecule has 1 aliphatic rings. The molecule has 1 heterocycles. The topological polar surface area (TPSA) is 63.2 Å². The highest BCUT2D eigenvalue weighted by molar-refractivity contribution is 7.90. The van der Waals surface area contributed by atoms with E-state index in [0.29, 0.717) is 0 Å². The van der Waals surface area contributed by atoms with Crippen molar-refractivity contribution in [1.82, 2.24) is 4.72 Å². The van der Waals surface area contributed by atoms with E-state index in [2.05, 4.69) is 0 Å². The van der Waals surface area contributed by atoms with Crippen LogP contribution < -0.4 is 4.72 Å². The first kappa shape index (κ1) is 10.2. The molecule has 0 saturated heterocycles. The maximum atomic E-state index is 11.5. The molecule has 1 aromatic carbocycles. The monoisotopic (exact) mass is 225 g/mol. The SMILES string of the molecule is CCCc1ccc2c(c1)S(=O)(=O)NC2=O. The van der Waals surface area contributed by atoms with Crippen LogP contribution in [0.3, 0.4) is 0 Å². The molecular formula is C10H11NO3S. The quantitative estimate of drug-likeness (QED) is 0.819. The number of amides is 1. The normalized spacial score (nSPS) is 17.3. The lowest BCUT2D eigenvalue weighted by atomic mass is 10.1. The van der Waals surface area contributed by atoms with Gasteiger partial charge in [0, 0.05) is 0 Å². The molecule has 0 radical (unpaired) electrons. The third kappa shape index (κ3) is 1.63. The number of benzene rings is 1. The molecule has 1 aromatic rings. The minimum Gasteiger partial charge on any atom is -0.268 e. The van der Waals surface area contributed by atoms with Crippen molar-refractivity contribution in [1.29, 1.82) is 0 Å². The summed E-state index contributed by atoms with van der Waals surface area (Å²) >= 11 is 0. The van der Waals surface area contributed by atoms with Crippen LogP contribution in [0.5, 0.6) is 0 Å². The predicted molar refractivity (Wildman–Crippen MR) is 55.1 cm³/mol. The lowest BCUT2D eigenvalue weighted by molar-refractivity contribution is 0.0985. The van der Waals surface area contributed by atoms with Gasteiger partial charge in [-0.1, -0.05) is 19.4 Å². The summed E-state index contributed by atoms with van der Waals surface area (Å²) in [5, 5.41) is 0. The van der Waals surface area contributed by atoms with E-state index in [1.807, 2.05) is 11.6 Å². The highest BCUT2D eigenvalue weighted by atomic mass is 32.2. The Balaban J connectivity index is 2.57. The summed E-state index contributed by atoms with van der Waals surface area (Å²) in [6, 6.07) is 4.94. The van der Waals surface area contributed by atoms with Gasteiger partial charge in [-0.2, -0.15) is 0 Å². The summed E-state index contributed by atoms with van der Waals surface area (Å²) in [5.74, 6) is -0.534. The molecule has 0 saturated carbocycles. The van der Waals surface area contributed by atoms with Crippen molar-refractivity contribution in [3.8, 4) is 0 Å². The van der Waals surface area contributed by atoms with Gasteiger partial charge in [0.15, 0.2) is 0 Å². The first-order valence-corrected chi connectivity index (χ1v) is 6.23. The molecule has 1 amide bonds. The van der Waals surface area contributed by atoms with Crippen LogP contribution in [0, 0.1) is 0 Å². The standard InChI is InChI=1S/C10H11NO3S/c1-2-3-7-4-5-8-9(6-7)15(13,14)11-10(8)12/h4-6H,2-3H2,1H3,(H,11,12). The summed E-state index contributed by atoms with van der Waals surface area (Å²) < 4.78 is 24.9. The Bertz CT molecular complexity index is 519. The number of nitrogens with one attached hydrogen (secondary N) is 1. The van der Waals surface area contributed by atoms with Crippen LogP contribution in [0.15, 0.2) is 23.1 Å². The van der Waals surface area contributed by atoms with Gasteiger partial charge in [-0.25, -0.2) is 13.1 Å². The van der Waals surface area contributed by atoms with Crippen LogP contribution in [0.2, 0.25) is 0 Å².